The lowest BCUT2D eigenvalue weighted by Gasteiger charge is -2.31. The van der Waals surface area contributed by atoms with Crippen LogP contribution in [0, 0.1) is 5.92 Å². The fraction of sp³-hybridized carbons (Fsp3) is 0.632. The van der Waals surface area contributed by atoms with Crippen molar-refractivity contribution in [3.05, 3.63) is 35.4 Å². The van der Waals surface area contributed by atoms with Crippen molar-refractivity contribution in [1.29, 1.82) is 0 Å². The highest BCUT2D eigenvalue weighted by atomic mass is 35.5. The molecule has 0 aromatic heterocycles. The summed E-state index contributed by atoms with van der Waals surface area (Å²) in [5, 5.41) is 6.26. The average molecular weight is 370 g/mol. The maximum atomic E-state index is 12.2. The summed E-state index contributed by atoms with van der Waals surface area (Å²) in [7, 11) is 3.69. The van der Waals surface area contributed by atoms with E-state index in [0.717, 1.165) is 36.7 Å². The standard InChI is InChI=1S/C19H31N3O2.ClH/c1-20-10-7-16-8-11-22(12-9-16)14-19(23)21-13-17-5-3-4-6-18(17)15-24-2;/h3-6,16,20H,7-15H2,1-2H3,(H,21,23);1H. The molecule has 1 aliphatic heterocycles. The SMILES string of the molecule is CNCCC1CCN(CC(=O)NCc2ccccc2COC)CC1.Cl. The molecule has 0 aliphatic carbocycles. The van der Waals surface area contributed by atoms with Crippen molar-refractivity contribution in [3.63, 3.8) is 0 Å². The van der Waals surface area contributed by atoms with Crippen LogP contribution in [0.3, 0.4) is 0 Å². The first kappa shape index (κ1) is 21.9. The first-order valence-electron chi connectivity index (χ1n) is 8.92. The molecule has 1 amide bonds. The van der Waals surface area contributed by atoms with Gasteiger partial charge in [-0.05, 0) is 63.0 Å². The van der Waals surface area contributed by atoms with Gasteiger partial charge in [-0.2, -0.15) is 0 Å². The first-order chi connectivity index (χ1) is 11.7. The molecule has 1 aromatic rings. The number of hydrogen-bond acceptors (Lipinski definition) is 4. The van der Waals surface area contributed by atoms with E-state index in [9.17, 15) is 4.79 Å². The fourth-order valence-electron chi connectivity index (χ4n) is 3.26. The molecule has 0 spiro atoms. The van der Waals surface area contributed by atoms with Gasteiger partial charge in [-0.1, -0.05) is 24.3 Å². The zero-order chi connectivity index (χ0) is 17.2. The molecule has 1 aromatic carbocycles. The van der Waals surface area contributed by atoms with Gasteiger partial charge in [-0.15, -0.1) is 12.4 Å². The molecule has 1 saturated heterocycles. The van der Waals surface area contributed by atoms with Gasteiger partial charge in [0.15, 0.2) is 0 Å². The number of methoxy groups -OCH3 is 1. The molecule has 0 atom stereocenters. The second-order valence-corrected chi connectivity index (χ2v) is 6.59. The molecule has 2 rings (SSSR count). The molecule has 0 bridgehead atoms. The van der Waals surface area contributed by atoms with Crippen LogP contribution >= 0.6 is 12.4 Å². The van der Waals surface area contributed by atoms with Crippen LogP contribution in [-0.4, -0.2) is 51.1 Å². The van der Waals surface area contributed by atoms with Crippen LogP contribution in [0.2, 0.25) is 0 Å². The van der Waals surface area contributed by atoms with Gasteiger partial charge >= 0.3 is 0 Å². The van der Waals surface area contributed by atoms with Gasteiger partial charge < -0.3 is 15.4 Å². The summed E-state index contributed by atoms with van der Waals surface area (Å²) in [5.41, 5.74) is 2.25. The van der Waals surface area contributed by atoms with Crippen molar-refractivity contribution in [1.82, 2.24) is 15.5 Å². The predicted octanol–water partition coefficient (Wildman–Crippen LogP) is 2.19. The molecule has 1 heterocycles. The normalized spacial score (nSPS) is 15.6. The summed E-state index contributed by atoms with van der Waals surface area (Å²) in [6.45, 7) is 4.80. The highest BCUT2D eigenvalue weighted by molar-refractivity contribution is 5.85. The minimum absolute atomic E-state index is 0. The van der Waals surface area contributed by atoms with Crippen molar-refractivity contribution in [2.75, 3.05) is 40.3 Å². The van der Waals surface area contributed by atoms with Crippen molar-refractivity contribution in [3.8, 4) is 0 Å². The quantitative estimate of drug-likeness (QED) is 0.700. The number of likely N-dealkylation sites (tertiary alicyclic amines) is 1. The van der Waals surface area contributed by atoms with Crippen LogP contribution in [0.15, 0.2) is 24.3 Å². The largest absolute Gasteiger partial charge is 0.380 e. The molecule has 0 radical (unpaired) electrons. The predicted molar refractivity (Wildman–Crippen MR) is 104 cm³/mol. The summed E-state index contributed by atoms with van der Waals surface area (Å²) >= 11 is 0. The minimum atomic E-state index is 0. The molecule has 1 aliphatic rings. The van der Waals surface area contributed by atoms with E-state index in [1.807, 2.05) is 31.3 Å². The number of halogens is 1. The van der Waals surface area contributed by atoms with E-state index >= 15 is 0 Å². The number of piperidine rings is 1. The summed E-state index contributed by atoms with van der Waals surface area (Å²) < 4.78 is 5.21. The van der Waals surface area contributed by atoms with E-state index in [1.165, 1.54) is 19.3 Å². The van der Waals surface area contributed by atoms with Gasteiger partial charge in [0, 0.05) is 13.7 Å². The summed E-state index contributed by atoms with van der Waals surface area (Å²) in [6.07, 6.45) is 3.64. The Morgan fingerprint density at radius 3 is 2.56 bits per heavy atom. The molecule has 0 saturated carbocycles. The number of amides is 1. The summed E-state index contributed by atoms with van der Waals surface area (Å²) in [6, 6.07) is 8.08. The third kappa shape index (κ3) is 7.74. The van der Waals surface area contributed by atoms with Gasteiger partial charge in [0.2, 0.25) is 5.91 Å². The van der Waals surface area contributed by atoms with Crippen molar-refractivity contribution < 1.29 is 9.53 Å². The summed E-state index contributed by atoms with van der Waals surface area (Å²) in [5.74, 6) is 0.911. The van der Waals surface area contributed by atoms with E-state index in [4.69, 9.17) is 4.74 Å². The third-order valence-corrected chi connectivity index (χ3v) is 4.77. The number of nitrogens with one attached hydrogen (secondary N) is 2. The number of benzene rings is 1. The van der Waals surface area contributed by atoms with Gasteiger partial charge in [0.1, 0.15) is 0 Å². The maximum absolute atomic E-state index is 12.2. The Hall–Kier alpha value is -1.14. The molecule has 6 heteroatoms. The van der Waals surface area contributed by atoms with E-state index in [-0.39, 0.29) is 18.3 Å². The number of carbonyl (C=O) groups excluding carboxylic acids is 1. The number of nitrogens with zero attached hydrogens (tertiary/aromatic N) is 1. The Balaban J connectivity index is 0.00000312. The lowest BCUT2D eigenvalue weighted by Crippen LogP contribution is -2.41. The van der Waals surface area contributed by atoms with Gasteiger partial charge in [0.25, 0.3) is 0 Å². The monoisotopic (exact) mass is 369 g/mol. The Morgan fingerprint density at radius 1 is 1.24 bits per heavy atom. The molecule has 1 fully saturated rings. The molecule has 142 valence electrons. The Bertz CT molecular complexity index is 505. The van der Waals surface area contributed by atoms with Crippen LogP contribution in [0.25, 0.3) is 0 Å². The van der Waals surface area contributed by atoms with E-state index in [2.05, 4.69) is 15.5 Å². The van der Waals surface area contributed by atoms with Crippen LogP contribution in [0.1, 0.15) is 30.4 Å². The highest BCUT2D eigenvalue weighted by Crippen LogP contribution is 2.19. The topological polar surface area (TPSA) is 53.6 Å². The number of hydrogen-bond donors (Lipinski definition) is 2. The van der Waals surface area contributed by atoms with Crippen LogP contribution in [-0.2, 0) is 22.7 Å². The summed E-state index contributed by atoms with van der Waals surface area (Å²) in [4.78, 5) is 14.5. The molecule has 0 unspecified atom stereocenters. The number of ether oxygens (including phenoxy) is 1. The molecule has 25 heavy (non-hydrogen) atoms. The first-order valence-corrected chi connectivity index (χ1v) is 8.92. The van der Waals surface area contributed by atoms with Gasteiger partial charge in [-0.3, -0.25) is 9.69 Å². The van der Waals surface area contributed by atoms with Crippen LogP contribution < -0.4 is 10.6 Å². The second kappa shape index (κ2) is 12.3. The van der Waals surface area contributed by atoms with E-state index in [0.29, 0.717) is 19.7 Å². The second-order valence-electron chi connectivity index (χ2n) is 6.59. The number of carbonyl (C=O) groups is 1. The third-order valence-electron chi connectivity index (χ3n) is 4.77. The van der Waals surface area contributed by atoms with E-state index < -0.39 is 0 Å². The maximum Gasteiger partial charge on any atom is 0.234 e. The molecular weight excluding hydrogens is 338 g/mol. The molecular formula is C19H32ClN3O2. The smallest absolute Gasteiger partial charge is 0.234 e. The molecule has 5 nitrogen and oxygen atoms in total. The Labute approximate surface area is 157 Å². The Morgan fingerprint density at radius 2 is 1.92 bits per heavy atom. The molecule has 2 N–H and O–H groups in total. The Kier molecular flexibility index (Phi) is 10.7. The van der Waals surface area contributed by atoms with Gasteiger partial charge in [-0.25, -0.2) is 0 Å². The lowest BCUT2D eigenvalue weighted by molar-refractivity contribution is -0.122. The fourth-order valence-corrected chi connectivity index (χ4v) is 3.26. The minimum Gasteiger partial charge on any atom is -0.380 e. The lowest BCUT2D eigenvalue weighted by atomic mass is 9.93. The number of rotatable bonds is 9. The average Bonchev–Trinajstić information content (AvgIpc) is 2.61. The van der Waals surface area contributed by atoms with Crippen molar-refractivity contribution in [2.45, 2.75) is 32.4 Å². The van der Waals surface area contributed by atoms with Crippen molar-refractivity contribution in [2.24, 2.45) is 5.92 Å². The van der Waals surface area contributed by atoms with Crippen molar-refractivity contribution >= 4 is 18.3 Å². The zero-order valence-corrected chi connectivity index (χ0v) is 16.2. The van der Waals surface area contributed by atoms with E-state index in [1.54, 1.807) is 7.11 Å². The van der Waals surface area contributed by atoms with Crippen LogP contribution in [0.5, 0.6) is 0 Å². The van der Waals surface area contributed by atoms with Crippen LogP contribution in [0.4, 0.5) is 0 Å². The van der Waals surface area contributed by atoms with Gasteiger partial charge in [0.05, 0.1) is 13.2 Å². The zero-order valence-electron chi connectivity index (χ0n) is 15.4. The highest BCUT2D eigenvalue weighted by Gasteiger charge is 2.20.